The van der Waals surface area contributed by atoms with Crippen LogP contribution in [0.4, 0.5) is 0 Å². The van der Waals surface area contributed by atoms with E-state index in [1.165, 1.54) is 12.1 Å². The van der Waals surface area contributed by atoms with Crippen LogP contribution in [0.15, 0.2) is 21.5 Å². The third kappa shape index (κ3) is 4.28. The molecule has 1 unspecified atom stereocenters. The number of carboxylic acids is 1. The van der Waals surface area contributed by atoms with Crippen molar-refractivity contribution >= 4 is 31.9 Å². The molecule has 1 aromatic rings. The van der Waals surface area contributed by atoms with Crippen molar-refractivity contribution in [3.63, 3.8) is 0 Å². The molecule has 0 fully saturated rings. The van der Waals surface area contributed by atoms with Crippen LogP contribution < -0.4 is 4.72 Å². The Morgan fingerprint density at radius 3 is 2.38 bits per heavy atom. The molecule has 0 saturated heterocycles. The SMILES string of the molecule is CCC(NS(=O)(=O)c1cc(C(=O)O)cc(C)c1Br)C(C)C. The summed E-state index contributed by atoms with van der Waals surface area (Å²) in [6.45, 7) is 7.44. The first-order chi connectivity index (χ1) is 9.60. The lowest BCUT2D eigenvalue weighted by atomic mass is 10.0. The number of sulfonamides is 1. The van der Waals surface area contributed by atoms with Crippen molar-refractivity contribution < 1.29 is 18.3 Å². The molecule has 1 aromatic carbocycles. The molecule has 0 heterocycles. The fourth-order valence-corrected chi connectivity index (χ4v) is 4.52. The summed E-state index contributed by atoms with van der Waals surface area (Å²) < 4.78 is 28.1. The Hall–Kier alpha value is -0.920. The number of benzene rings is 1. The van der Waals surface area contributed by atoms with Gasteiger partial charge >= 0.3 is 5.97 Å². The first-order valence-electron chi connectivity index (χ1n) is 6.66. The first-order valence-corrected chi connectivity index (χ1v) is 8.93. The Labute approximate surface area is 133 Å². The molecule has 1 atom stereocenters. The lowest BCUT2D eigenvalue weighted by molar-refractivity contribution is 0.0696. The number of halogens is 1. The second-order valence-electron chi connectivity index (χ2n) is 5.29. The van der Waals surface area contributed by atoms with Gasteiger partial charge in [0.15, 0.2) is 0 Å². The first kappa shape index (κ1) is 18.1. The highest BCUT2D eigenvalue weighted by molar-refractivity contribution is 9.10. The standard InChI is InChI=1S/C14H20BrNO4S/c1-5-11(8(2)3)16-21(19,20)12-7-10(14(17)18)6-9(4)13(12)15/h6-8,11,16H,5H2,1-4H3,(H,17,18). The summed E-state index contributed by atoms with van der Waals surface area (Å²) in [6.07, 6.45) is 0.659. The highest BCUT2D eigenvalue weighted by atomic mass is 79.9. The second kappa shape index (κ2) is 6.89. The number of aryl methyl sites for hydroxylation is 1. The van der Waals surface area contributed by atoms with Crippen LogP contribution >= 0.6 is 15.9 Å². The summed E-state index contributed by atoms with van der Waals surface area (Å²) in [5.74, 6) is -1.01. The van der Waals surface area contributed by atoms with E-state index in [1.54, 1.807) is 6.92 Å². The van der Waals surface area contributed by atoms with Gasteiger partial charge in [-0.1, -0.05) is 20.8 Å². The molecular weight excluding hydrogens is 358 g/mol. The Balaban J connectivity index is 3.34. The van der Waals surface area contributed by atoms with Gasteiger partial charge in [0.25, 0.3) is 0 Å². The number of nitrogens with one attached hydrogen (secondary N) is 1. The molecule has 5 nitrogen and oxygen atoms in total. The van der Waals surface area contributed by atoms with Crippen molar-refractivity contribution in [2.75, 3.05) is 0 Å². The fourth-order valence-electron chi connectivity index (χ4n) is 2.01. The molecule has 0 saturated carbocycles. The highest BCUT2D eigenvalue weighted by Crippen LogP contribution is 2.28. The molecule has 0 aromatic heterocycles. The van der Waals surface area contributed by atoms with Gasteiger partial charge < -0.3 is 5.11 Å². The predicted octanol–water partition coefficient (Wildman–Crippen LogP) is 3.17. The Morgan fingerprint density at radius 1 is 1.38 bits per heavy atom. The van der Waals surface area contributed by atoms with Gasteiger partial charge in [-0.05, 0) is 52.9 Å². The van der Waals surface area contributed by atoms with E-state index in [1.807, 2.05) is 20.8 Å². The molecule has 0 bridgehead atoms. The zero-order valence-electron chi connectivity index (χ0n) is 12.5. The van der Waals surface area contributed by atoms with E-state index in [0.29, 0.717) is 16.5 Å². The summed E-state index contributed by atoms with van der Waals surface area (Å²) in [5.41, 5.74) is 0.515. The Bertz CT molecular complexity index is 641. The maximum Gasteiger partial charge on any atom is 0.335 e. The van der Waals surface area contributed by atoms with Crippen LogP contribution in [0.25, 0.3) is 0 Å². The normalized spacial score (nSPS) is 13.4. The molecule has 0 aliphatic carbocycles. The van der Waals surface area contributed by atoms with Crippen molar-refractivity contribution in [1.82, 2.24) is 4.72 Å². The molecule has 0 radical (unpaired) electrons. The summed E-state index contributed by atoms with van der Waals surface area (Å²) in [6, 6.07) is 2.41. The summed E-state index contributed by atoms with van der Waals surface area (Å²) in [5, 5.41) is 9.08. The maximum atomic E-state index is 12.5. The number of hydrogen-bond donors (Lipinski definition) is 2. The van der Waals surface area contributed by atoms with E-state index < -0.39 is 16.0 Å². The lowest BCUT2D eigenvalue weighted by Gasteiger charge is -2.21. The molecular formula is C14H20BrNO4S. The molecule has 118 valence electrons. The number of carboxylic acid groups (broad SMARTS) is 1. The average molecular weight is 378 g/mol. The third-order valence-corrected chi connectivity index (χ3v) is 6.14. The van der Waals surface area contributed by atoms with Crippen LogP contribution in [0.1, 0.15) is 43.1 Å². The van der Waals surface area contributed by atoms with Crippen LogP contribution in [0, 0.1) is 12.8 Å². The van der Waals surface area contributed by atoms with Gasteiger partial charge in [-0.25, -0.2) is 17.9 Å². The van der Waals surface area contributed by atoms with Crippen molar-refractivity contribution in [2.45, 2.75) is 45.1 Å². The lowest BCUT2D eigenvalue weighted by Crippen LogP contribution is -2.38. The minimum absolute atomic E-state index is 0.0426. The minimum Gasteiger partial charge on any atom is -0.478 e. The quantitative estimate of drug-likeness (QED) is 0.797. The summed E-state index contributed by atoms with van der Waals surface area (Å²) in [7, 11) is -3.79. The van der Waals surface area contributed by atoms with Crippen molar-refractivity contribution in [3.8, 4) is 0 Å². The number of aromatic carboxylic acids is 1. The van der Waals surface area contributed by atoms with Crippen LogP contribution in [0.3, 0.4) is 0 Å². The topological polar surface area (TPSA) is 83.5 Å². The van der Waals surface area contributed by atoms with Gasteiger partial charge in [-0.2, -0.15) is 0 Å². The zero-order valence-corrected chi connectivity index (χ0v) is 14.9. The van der Waals surface area contributed by atoms with Crippen LogP contribution in [-0.4, -0.2) is 25.5 Å². The second-order valence-corrected chi connectivity index (χ2v) is 7.77. The van der Waals surface area contributed by atoms with Crippen molar-refractivity contribution in [2.24, 2.45) is 5.92 Å². The molecule has 2 N–H and O–H groups in total. The fraction of sp³-hybridized carbons (Fsp3) is 0.500. The van der Waals surface area contributed by atoms with E-state index in [9.17, 15) is 13.2 Å². The van der Waals surface area contributed by atoms with Crippen molar-refractivity contribution in [1.29, 1.82) is 0 Å². The monoisotopic (exact) mass is 377 g/mol. The predicted molar refractivity (Wildman–Crippen MR) is 85.1 cm³/mol. The maximum absolute atomic E-state index is 12.5. The smallest absolute Gasteiger partial charge is 0.335 e. The molecule has 0 spiro atoms. The van der Waals surface area contributed by atoms with E-state index in [0.717, 1.165) is 0 Å². The van der Waals surface area contributed by atoms with Crippen molar-refractivity contribution in [3.05, 3.63) is 27.7 Å². The van der Waals surface area contributed by atoms with Gasteiger partial charge in [0.1, 0.15) is 0 Å². The highest BCUT2D eigenvalue weighted by Gasteiger charge is 2.25. The van der Waals surface area contributed by atoms with Gasteiger partial charge in [0, 0.05) is 10.5 Å². The average Bonchev–Trinajstić information content (AvgIpc) is 2.38. The van der Waals surface area contributed by atoms with E-state index in [2.05, 4.69) is 20.7 Å². The largest absolute Gasteiger partial charge is 0.478 e. The van der Waals surface area contributed by atoms with Gasteiger partial charge in [0.05, 0.1) is 10.5 Å². The molecule has 0 aliphatic heterocycles. The van der Waals surface area contributed by atoms with E-state index in [4.69, 9.17) is 5.11 Å². The summed E-state index contributed by atoms with van der Waals surface area (Å²) in [4.78, 5) is 11.1. The van der Waals surface area contributed by atoms with Gasteiger partial charge in [0.2, 0.25) is 10.0 Å². The molecule has 0 amide bonds. The van der Waals surface area contributed by atoms with Crippen LogP contribution in [0.2, 0.25) is 0 Å². The van der Waals surface area contributed by atoms with Gasteiger partial charge in [-0.15, -0.1) is 0 Å². The Morgan fingerprint density at radius 2 is 1.95 bits per heavy atom. The molecule has 21 heavy (non-hydrogen) atoms. The van der Waals surface area contributed by atoms with Crippen LogP contribution in [-0.2, 0) is 10.0 Å². The van der Waals surface area contributed by atoms with E-state index >= 15 is 0 Å². The number of hydrogen-bond acceptors (Lipinski definition) is 3. The zero-order chi connectivity index (χ0) is 16.4. The number of carbonyl (C=O) groups is 1. The molecule has 1 rings (SSSR count). The molecule has 7 heteroatoms. The minimum atomic E-state index is -3.79. The third-order valence-electron chi connectivity index (χ3n) is 3.31. The van der Waals surface area contributed by atoms with E-state index in [-0.39, 0.29) is 22.4 Å². The number of rotatable bonds is 6. The molecule has 0 aliphatic rings. The summed E-state index contributed by atoms with van der Waals surface area (Å²) >= 11 is 3.24. The van der Waals surface area contributed by atoms with Gasteiger partial charge in [-0.3, -0.25) is 0 Å². The van der Waals surface area contributed by atoms with Crippen LogP contribution in [0.5, 0.6) is 0 Å². The Kier molecular flexibility index (Phi) is 5.95.